The van der Waals surface area contributed by atoms with Crippen molar-refractivity contribution in [1.82, 2.24) is 14.9 Å². The van der Waals surface area contributed by atoms with Gasteiger partial charge in [-0.05, 0) is 25.1 Å². The van der Waals surface area contributed by atoms with E-state index in [9.17, 15) is 4.79 Å². The molecule has 1 N–H and O–H groups in total. The van der Waals surface area contributed by atoms with E-state index >= 15 is 0 Å². The van der Waals surface area contributed by atoms with Crippen molar-refractivity contribution in [1.29, 1.82) is 0 Å². The lowest BCUT2D eigenvalue weighted by Gasteiger charge is -2.07. The Bertz CT molecular complexity index is 582. The summed E-state index contributed by atoms with van der Waals surface area (Å²) in [6, 6.07) is 5.77. The Morgan fingerprint density at radius 3 is 3.00 bits per heavy atom. The molecule has 18 heavy (non-hydrogen) atoms. The molecule has 0 unspecified atom stereocenters. The monoisotopic (exact) mass is 329 g/mol. The number of likely N-dealkylation sites (N-methyl/N-ethyl adjacent to an activating group) is 1. The molecule has 0 radical (unpaired) electrons. The summed E-state index contributed by atoms with van der Waals surface area (Å²) in [6.45, 7) is 2.75. The first kappa shape index (κ1) is 13.4. The number of carbonyl (C=O) groups is 1. The van der Waals surface area contributed by atoms with E-state index in [0.717, 1.165) is 15.5 Å². The van der Waals surface area contributed by atoms with Gasteiger partial charge in [0.25, 0.3) is 0 Å². The van der Waals surface area contributed by atoms with Gasteiger partial charge >= 0.3 is 0 Å². The van der Waals surface area contributed by atoms with Crippen molar-refractivity contribution in [3.05, 3.63) is 28.5 Å². The number of carbonyl (C=O) groups excluding carboxylic acids is 1. The Labute approximate surface area is 118 Å². The molecule has 0 aliphatic carbocycles. The molecule has 0 atom stereocenters. The van der Waals surface area contributed by atoms with Crippen molar-refractivity contribution in [3.63, 3.8) is 0 Å². The number of rotatable bonds is 4. The maximum atomic E-state index is 11.7. The molecule has 0 fully saturated rings. The number of nitrogens with zero attached hydrogens (tertiary/aromatic N) is 2. The summed E-state index contributed by atoms with van der Waals surface area (Å²) in [6.07, 6.45) is 0. The van der Waals surface area contributed by atoms with Crippen molar-refractivity contribution in [2.45, 2.75) is 19.3 Å². The van der Waals surface area contributed by atoms with Crippen LogP contribution in [0.3, 0.4) is 0 Å². The summed E-state index contributed by atoms with van der Waals surface area (Å²) < 4.78 is 2.80. The third-order valence-electron chi connectivity index (χ3n) is 2.58. The second-order valence-corrected chi connectivity index (χ2v) is 5.02. The van der Waals surface area contributed by atoms with Crippen LogP contribution in [-0.2, 0) is 17.2 Å². The summed E-state index contributed by atoms with van der Waals surface area (Å²) in [5.41, 5.74) is 1.75. The highest BCUT2D eigenvalue weighted by Crippen LogP contribution is 2.21. The van der Waals surface area contributed by atoms with Gasteiger partial charge in [0.05, 0.1) is 16.9 Å². The average Bonchev–Trinajstić information content (AvgIpc) is 2.67. The molecule has 4 nitrogen and oxygen atoms in total. The Morgan fingerprint density at radius 2 is 2.33 bits per heavy atom. The Balaban J connectivity index is 2.45. The molecule has 2 rings (SSSR count). The van der Waals surface area contributed by atoms with E-state index in [1.807, 2.05) is 29.7 Å². The fraction of sp³-hybridized carbons (Fsp3) is 0.333. The highest BCUT2D eigenvalue weighted by Gasteiger charge is 2.12. The number of hydrogen-bond donors (Lipinski definition) is 1. The van der Waals surface area contributed by atoms with E-state index in [1.165, 1.54) is 0 Å². The summed E-state index contributed by atoms with van der Waals surface area (Å²) in [4.78, 5) is 16.1. The Hall–Kier alpha value is -1.07. The molecule has 1 aromatic carbocycles. The van der Waals surface area contributed by atoms with Crippen molar-refractivity contribution in [2.75, 3.05) is 6.54 Å². The van der Waals surface area contributed by atoms with Gasteiger partial charge in [-0.1, -0.05) is 15.9 Å². The minimum atomic E-state index is -0.0388. The first-order valence-corrected chi connectivity index (χ1v) is 6.95. The molecule has 0 spiro atoms. The highest BCUT2D eigenvalue weighted by molar-refractivity contribution is 9.10. The molecule has 2 aromatic rings. The Kier molecular flexibility index (Phi) is 4.24. The van der Waals surface area contributed by atoms with Crippen LogP contribution in [0.15, 0.2) is 22.7 Å². The fourth-order valence-corrected chi connectivity index (χ4v) is 2.37. The number of fused-ring (bicyclic) bond motifs is 1. The number of amides is 1. The number of nitrogens with one attached hydrogen (secondary N) is 1. The number of benzene rings is 1. The fourth-order valence-electron chi connectivity index (χ4n) is 1.82. The van der Waals surface area contributed by atoms with Crippen LogP contribution in [0.1, 0.15) is 12.7 Å². The van der Waals surface area contributed by atoms with E-state index in [2.05, 4.69) is 26.2 Å². The second kappa shape index (κ2) is 5.71. The van der Waals surface area contributed by atoms with Gasteiger partial charge in [-0.2, -0.15) is 0 Å². The molecule has 96 valence electrons. The molecule has 1 amide bonds. The molecular weight excluding hydrogens is 318 g/mol. The summed E-state index contributed by atoms with van der Waals surface area (Å²) in [7, 11) is 0. The maximum Gasteiger partial charge on any atom is 0.239 e. The van der Waals surface area contributed by atoms with E-state index in [0.29, 0.717) is 12.4 Å². The molecule has 0 saturated carbocycles. The highest BCUT2D eigenvalue weighted by atomic mass is 79.9. The SMILES string of the molecule is CCNC(=O)Cn1c(CCl)nc2ccc(Br)cc21. The van der Waals surface area contributed by atoms with Crippen molar-refractivity contribution in [3.8, 4) is 0 Å². The number of hydrogen-bond acceptors (Lipinski definition) is 2. The molecule has 1 aromatic heterocycles. The summed E-state index contributed by atoms with van der Waals surface area (Å²) in [5.74, 6) is 0.949. The van der Waals surface area contributed by atoms with Crippen molar-refractivity contribution >= 4 is 44.5 Å². The quantitative estimate of drug-likeness (QED) is 0.876. The third kappa shape index (κ3) is 2.67. The van der Waals surface area contributed by atoms with Crippen molar-refractivity contribution < 1.29 is 4.79 Å². The first-order chi connectivity index (χ1) is 8.65. The zero-order valence-corrected chi connectivity index (χ0v) is 12.3. The van der Waals surface area contributed by atoms with Gasteiger partial charge in [-0.25, -0.2) is 4.98 Å². The lowest BCUT2D eigenvalue weighted by Crippen LogP contribution is -2.27. The predicted molar refractivity (Wildman–Crippen MR) is 75.7 cm³/mol. The standard InChI is InChI=1S/C12H13BrClN3O/c1-2-15-12(18)7-17-10-5-8(13)3-4-9(10)16-11(17)6-14/h3-5H,2,6-7H2,1H3,(H,15,18). The van der Waals surface area contributed by atoms with Crippen LogP contribution in [-0.4, -0.2) is 22.0 Å². The third-order valence-corrected chi connectivity index (χ3v) is 3.32. The lowest BCUT2D eigenvalue weighted by atomic mass is 10.3. The molecule has 0 aliphatic rings. The van der Waals surface area contributed by atoms with Crippen LogP contribution < -0.4 is 5.32 Å². The van der Waals surface area contributed by atoms with E-state index in [-0.39, 0.29) is 18.3 Å². The van der Waals surface area contributed by atoms with Crippen LogP contribution in [0.5, 0.6) is 0 Å². The van der Waals surface area contributed by atoms with Gasteiger partial charge in [-0.15, -0.1) is 11.6 Å². The lowest BCUT2D eigenvalue weighted by molar-refractivity contribution is -0.121. The van der Waals surface area contributed by atoms with Gasteiger partial charge in [-0.3, -0.25) is 4.79 Å². The maximum absolute atomic E-state index is 11.7. The van der Waals surface area contributed by atoms with Gasteiger partial charge in [0.15, 0.2) is 0 Å². The molecule has 1 heterocycles. The first-order valence-electron chi connectivity index (χ1n) is 5.63. The zero-order chi connectivity index (χ0) is 13.1. The van der Waals surface area contributed by atoms with E-state index in [4.69, 9.17) is 11.6 Å². The topological polar surface area (TPSA) is 46.9 Å². The van der Waals surface area contributed by atoms with Crippen molar-refractivity contribution in [2.24, 2.45) is 0 Å². The molecular formula is C12H13BrClN3O. The van der Waals surface area contributed by atoms with Crippen LogP contribution in [0.2, 0.25) is 0 Å². The van der Waals surface area contributed by atoms with Gasteiger partial charge in [0.1, 0.15) is 12.4 Å². The molecule has 0 bridgehead atoms. The average molecular weight is 331 g/mol. The number of alkyl halides is 1. The van der Waals surface area contributed by atoms with Crippen LogP contribution >= 0.6 is 27.5 Å². The predicted octanol–water partition coefficient (Wildman–Crippen LogP) is 2.67. The number of aromatic nitrogens is 2. The molecule has 0 saturated heterocycles. The second-order valence-electron chi connectivity index (χ2n) is 3.83. The normalized spacial score (nSPS) is 10.8. The number of halogens is 2. The molecule has 0 aliphatic heterocycles. The largest absolute Gasteiger partial charge is 0.355 e. The summed E-state index contributed by atoms with van der Waals surface area (Å²) >= 11 is 9.30. The molecule has 6 heteroatoms. The zero-order valence-electron chi connectivity index (χ0n) is 9.91. The van der Waals surface area contributed by atoms with Crippen LogP contribution in [0.4, 0.5) is 0 Å². The minimum absolute atomic E-state index is 0.0388. The summed E-state index contributed by atoms with van der Waals surface area (Å²) in [5, 5.41) is 2.77. The minimum Gasteiger partial charge on any atom is -0.355 e. The van der Waals surface area contributed by atoms with E-state index < -0.39 is 0 Å². The number of imidazole rings is 1. The van der Waals surface area contributed by atoms with E-state index in [1.54, 1.807) is 0 Å². The van der Waals surface area contributed by atoms with Gasteiger partial charge in [0.2, 0.25) is 5.91 Å². The van der Waals surface area contributed by atoms with Gasteiger partial charge < -0.3 is 9.88 Å². The van der Waals surface area contributed by atoms with Crippen LogP contribution in [0, 0.1) is 0 Å². The smallest absolute Gasteiger partial charge is 0.239 e. The van der Waals surface area contributed by atoms with Crippen LogP contribution in [0.25, 0.3) is 11.0 Å². The van der Waals surface area contributed by atoms with Gasteiger partial charge in [0, 0.05) is 11.0 Å². The Morgan fingerprint density at radius 1 is 1.56 bits per heavy atom.